The fourth-order valence-electron chi connectivity index (χ4n) is 3.03. The lowest BCUT2D eigenvalue weighted by Crippen LogP contribution is -2.37. The van der Waals surface area contributed by atoms with Gasteiger partial charge in [-0.05, 0) is 31.9 Å². The summed E-state index contributed by atoms with van der Waals surface area (Å²) in [7, 11) is 0. The topological polar surface area (TPSA) is 72.1 Å². The van der Waals surface area contributed by atoms with Gasteiger partial charge in [-0.3, -0.25) is 4.79 Å². The average molecular weight is 344 g/mol. The fourth-order valence-corrected chi connectivity index (χ4v) is 3.85. The van der Waals surface area contributed by atoms with Gasteiger partial charge < -0.3 is 10.6 Å². The quantitative estimate of drug-likeness (QED) is 0.922. The summed E-state index contributed by atoms with van der Waals surface area (Å²) in [6.45, 7) is 3.76. The highest BCUT2D eigenvalue weighted by Gasteiger charge is 2.22. The normalized spacial score (nSPS) is 16.8. The highest BCUT2D eigenvalue weighted by Crippen LogP contribution is 2.23. The van der Waals surface area contributed by atoms with E-state index < -0.39 is 0 Å². The molecule has 1 atom stereocenters. The van der Waals surface area contributed by atoms with Gasteiger partial charge in [0.05, 0.1) is 16.5 Å². The van der Waals surface area contributed by atoms with E-state index in [1.165, 1.54) is 12.8 Å². The summed E-state index contributed by atoms with van der Waals surface area (Å²) in [4.78, 5) is 23.5. The minimum absolute atomic E-state index is 0.0839. The molecule has 1 saturated heterocycles. The molecule has 0 radical (unpaired) electrons. The number of rotatable bonds is 4. The number of fused-ring (bicyclic) bond motifs is 1. The Bertz CT molecular complexity index is 713. The Balaban J connectivity index is 1.63. The van der Waals surface area contributed by atoms with E-state index in [0.29, 0.717) is 17.4 Å². The Labute approximate surface area is 147 Å². The van der Waals surface area contributed by atoms with Gasteiger partial charge in [-0.2, -0.15) is 0 Å². The molecule has 128 valence electrons. The Kier molecular flexibility index (Phi) is 5.56. The molecule has 0 unspecified atom stereocenters. The van der Waals surface area contributed by atoms with Gasteiger partial charge in [-0.1, -0.05) is 25.0 Å². The number of aromatic nitrogens is 2. The van der Waals surface area contributed by atoms with E-state index in [4.69, 9.17) is 5.73 Å². The minimum atomic E-state index is -0.0839. The van der Waals surface area contributed by atoms with Crippen LogP contribution in [0, 0.1) is 0 Å². The van der Waals surface area contributed by atoms with Crippen molar-refractivity contribution in [1.82, 2.24) is 14.9 Å². The fraction of sp³-hybridized carbons (Fsp3) is 0.500. The first-order valence-electron chi connectivity index (χ1n) is 8.56. The van der Waals surface area contributed by atoms with Gasteiger partial charge in [0.15, 0.2) is 0 Å². The van der Waals surface area contributed by atoms with Crippen molar-refractivity contribution in [2.75, 3.05) is 18.8 Å². The molecule has 0 aliphatic carbocycles. The van der Waals surface area contributed by atoms with Gasteiger partial charge in [0.2, 0.25) is 5.91 Å². The van der Waals surface area contributed by atoms with Crippen LogP contribution < -0.4 is 5.73 Å². The monoisotopic (exact) mass is 344 g/mol. The van der Waals surface area contributed by atoms with E-state index in [1.807, 2.05) is 36.1 Å². The summed E-state index contributed by atoms with van der Waals surface area (Å²) < 4.78 is 0. The predicted octanol–water partition coefficient (Wildman–Crippen LogP) is 3.24. The van der Waals surface area contributed by atoms with E-state index in [1.54, 1.807) is 11.8 Å². The number of carbonyl (C=O) groups excluding carboxylic acids is 1. The number of likely N-dealkylation sites (tertiary alicyclic amines) is 1. The van der Waals surface area contributed by atoms with Crippen LogP contribution in [0.1, 0.15) is 38.4 Å². The first kappa shape index (κ1) is 17.0. The molecule has 2 aromatic rings. The first-order valence-corrected chi connectivity index (χ1v) is 9.61. The third-order valence-electron chi connectivity index (χ3n) is 4.41. The minimum Gasteiger partial charge on any atom is -0.383 e. The zero-order valence-electron chi connectivity index (χ0n) is 14.1. The Morgan fingerprint density at radius 3 is 2.67 bits per heavy atom. The van der Waals surface area contributed by atoms with Crippen LogP contribution in [0.25, 0.3) is 10.9 Å². The predicted molar refractivity (Wildman–Crippen MR) is 99.8 cm³/mol. The maximum absolute atomic E-state index is 12.6. The van der Waals surface area contributed by atoms with Crippen LogP contribution in [0.3, 0.4) is 0 Å². The number of nitrogens with two attached hydrogens (primary N) is 1. The average Bonchev–Trinajstić information content (AvgIpc) is 2.88. The third kappa shape index (κ3) is 3.98. The van der Waals surface area contributed by atoms with Crippen LogP contribution in [-0.2, 0) is 10.5 Å². The molecule has 24 heavy (non-hydrogen) atoms. The molecule has 1 aromatic heterocycles. The maximum Gasteiger partial charge on any atom is 0.235 e. The molecule has 1 aliphatic heterocycles. The van der Waals surface area contributed by atoms with Crippen molar-refractivity contribution < 1.29 is 4.79 Å². The number of nitrogens with zero attached hydrogens (tertiary/aromatic N) is 3. The summed E-state index contributed by atoms with van der Waals surface area (Å²) in [5.41, 5.74) is 6.88. The van der Waals surface area contributed by atoms with Crippen LogP contribution in [0.2, 0.25) is 0 Å². The number of thioether (sulfide) groups is 1. The highest BCUT2D eigenvalue weighted by molar-refractivity contribution is 7.99. The van der Waals surface area contributed by atoms with E-state index >= 15 is 0 Å². The number of hydrogen-bond donors (Lipinski definition) is 1. The van der Waals surface area contributed by atoms with Gasteiger partial charge in [0.1, 0.15) is 11.6 Å². The Morgan fingerprint density at radius 2 is 1.92 bits per heavy atom. The molecular formula is C18H24N4OS. The van der Waals surface area contributed by atoms with Crippen LogP contribution >= 0.6 is 11.8 Å². The van der Waals surface area contributed by atoms with Gasteiger partial charge in [0, 0.05) is 18.5 Å². The summed E-state index contributed by atoms with van der Waals surface area (Å²) in [5.74, 6) is 2.01. The number of amides is 1. The molecule has 1 aromatic carbocycles. The van der Waals surface area contributed by atoms with E-state index in [9.17, 15) is 4.79 Å². The number of anilines is 1. The zero-order valence-corrected chi connectivity index (χ0v) is 14.9. The highest BCUT2D eigenvalue weighted by atomic mass is 32.2. The molecule has 2 N–H and O–H groups in total. The zero-order chi connectivity index (χ0) is 16.9. The molecular weight excluding hydrogens is 320 g/mol. The molecule has 1 amide bonds. The number of nitrogen functional groups attached to an aromatic ring is 1. The molecule has 6 heteroatoms. The molecule has 0 spiro atoms. The van der Waals surface area contributed by atoms with Crippen molar-refractivity contribution in [3.63, 3.8) is 0 Å². The Morgan fingerprint density at radius 1 is 1.21 bits per heavy atom. The van der Waals surface area contributed by atoms with Crippen molar-refractivity contribution in [2.24, 2.45) is 0 Å². The molecule has 0 bridgehead atoms. The summed E-state index contributed by atoms with van der Waals surface area (Å²) in [6, 6.07) is 7.73. The number of benzene rings is 1. The molecule has 0 saturated carbocycles. The third-order valence-corrected chi connectivity index (χ3v) is 5.53. The number of carbonyl (C=O) groups is 1. The maximum atomic E-state index is 12.6. The van der Waals surface area contributed by atoms with E-state index in [2.05, 4.69) is 9.97 Å². The number of para-hydroxylation sites is 1. The molecule has 1 fully saturated rings. The van der Waals surface area contributed by atoms with Crippen LogP contribution in [0.5, 0.6) is 0 Å². The van der Waals surface area contributed by atoms with Crippen LogP contribution in [0.4, 0.5) is 5.82 Å². The largest absolute Gasteiger partial charge is 0.383 e. The first-order chi connectivity index (χ1) is 11.6. The van der Waals surface area contributed by atoms with Crippen molar-refractivity contribution in [1.29, 1.82) is 0 Å². The summed E-state index contributed by atoms with van der Waals surface area (Å²) >= 11 is 1.58. The van der Waals surface area contributed by atoms with Crippen molar-refractivity contribution in [3.05, 3.63) is 30.1 Å². The second-order valence-electron chi connectivity index (χ2n) is 6.23. The van der Waals surface area contributed by atoms with E-state index in [-0.39, 0.29) is 11.2 Å². The van der Waals surface area contributed by atoms with Gasteiger partial charge >= 0.3 is 0 Å². The number of hydrogen-bond acceptors (Lipinski definition) is 5. The van der Waals surface area contributed by atoms with Crippen molar-refractivity contribution in [3.8, 4) is 0 Å². The SMILES string of the molecule is C[C@@H](SCc1nc(N)c2ccccc2n1)C(=O)N1CCCCCC1. The molecule has 5 nitrogen and oxygen atoms in total. The smallest absolute Gasteiger partial charge is 0.235 e. The lowest BCUT2D eigenvalue weighted by atomic mass is 10.2. The van der Waals surface area contributed by atoms with E-state index in [0.717, 1.165) is 36.8 Å². The summed E-state index contributed by atoms with van der Waals surface area (Å²) in [6.07, 6.45) is 4.70. The second-order valence-corrected chi connectivity index (χ2v) is 7.56. The lowest BCUT2D eigenvalue weighted by Gasteiger charge is -2.23. The van der Waals surface area contributed by atoms with Crippen LogP contribution in [-0.4, -0.2) is 39.1 Å². The molecule has 3 rings (SSSR count). The van der Waals surface area contributed by atoms with Gasteiger partial charge in [-0.15, -0.1) is 11.8 Å². The molecule has 2 heterocycles. The van der Waals surface area contributed by atoms with Gasteiger partial charge in [0.25, 0.3) is 0 Å². The Hall–Kier alpha value is -1.82. The lowest BCUT2D eigenvalue weighted by molar-refractivity contribution is -0.130. The van der Waals surface area contributed by atoms with Crippen LogP contribution in [0.15, 0.2) is 24.3 Å². The summed E-state index contributed by atoms with van der Waals surface area (Å²) in [5, 5.41) is 0.791. The standard InChI is InChI=1S/C18H24N4OS/c1-13(18(23)22-10-6-2-3-7-11-22)24-12-16-20-15-9-5-4-8-14(15)17(19)21-16/h4-5,8-9,13H,2-3,6-7,10-12H2,1H3,(H2,19,20,21)/t13-/m1/s1. The second kappa shape index (κ2) is 7.83. The van der Waals surface area contributed by atoms with Gasteiger partial charge in [-0.25, -0.2) is 9.97 Å². The van der Waals surface area contributed by atoms with Crippen molar-refractivity contribution >= 4 is 34.4 Å². The van der Waals surface area contributed by atoms with Crippen molar-refractivity contribution in [2.45, 2.75) is 43.6 Å². The molecule has 1 aliphatic rings.